The van der Waals surface area contributed by atoms with Crippen molar-refractivity contribution in [2.45, 2.75) is 18.4 Å². The predicted octanol–water partition coefficient (Wildman–Crippen LogP) is 2.54. The van der Waals surface area contributed by atoms with E-state index in [9.17, 15) is 0 Å². The van der Waals surface area contributed by atoms with Crippen molar-refractivity contribution < 1.29 is 4.52 Å². The number of fused-ring (bicyclic) bond motifs is 1. The first-order valence-electron chi connectivity index (χ1n) is 4.53. The standard InChI is InChI=1S/C10H9BrN2O/c11-9-7-5-6(10(12)3-4-10)1-2-8(7)14-13-9/h1-2,5H,3-4,12H2. The van der Waals surface area contributed by atoms with Crippen molar-refractivity contribution in [3.8, 4) is 0 Å². The normalized spacial score (nSPS) is 18.7. The molecule has 4 heteroatoms. The molecule has 0 amide bonds. The first-order chi connectivity index (χ1) is 6.69. The molecular formula is C10H9BrN2O. The zero-order valence-corrected chi connectivity index (χ0v) is 9.04. The number of hydrogen-bond donors (Lipinski definition) is 1. The second kappa shape index (κ2) is 2.58. The number of hydrogen-bond acceptors (Lipinski definition) is 3. The van der Waals surface area contributed by atoms with E-state index in [1.54, 1.807) is 0 Å². The van der Waals surface area contributed by atoms with Crippen LogP contribution in [0.25, 0.3) is 11.0 Å². The Kier molecular flexibility index (Phi) is 1.56. The van der Waals surface area contributed by atoms with E-state index in [1.807, 2.05) is 12.1 Å². The molecule has 0 unspecified atom stereocenters. The number of aromatic nitrogens is 1. The first kappa shape index (κ1) is 8.44. The van der Waals surface area contributed by atoms with Crippen LogP contribution in [0.4, 0.5) is 0 Å². The molecule has 1 aliphatic rings. The minimum absolute atomic E-state index is 0.0924. The highest BCUT2D eigenvalue weighted by atomic mass is 79.9. The summed E-state index contributed by atoms with van der Waals surface area (Å²) >= 11 is 3.34. The lowest BCUT2D eigenvalue weighted by Crippen LogP contribution is -2.18. The Morgan fingerprint density at radius 3 is 2.93 bits per heavy atom. The van der Waals surface area contributed by atoms with Gasteiger partial charge in [-0.2, -0.15) is 0 Å². The number of nitrogens with zero attached hydrogens (tertiary/aromatic N) is 1. The molecule has 1 aliphatic carbocycles. The van der Waals surface area contributed by atoms with Crippen molar-refractivity contribution in [3.63, 3.8) is 0 Å². The molecule has 1 saturated carbocycles. The van der Waals surface area contributed by atoms with Gasteiger partial charge in [-0.25, -0.2) is 0 Å². The van der Waals surface area contributed by atoms with Gasteiger partial charge in [-0.05, 0) is 46.5 Å². The van der Waals surface area contributed by atoms with E-state index in [0.717, 1.165) is 28.4 Å². The van der Waals surface area contributed by atoms with E-state index < -0.39 is 0 Å². The molecule has 3 rings (SSSR count). The van der Waals surface area contributed by atoms with E-state index in [2.05, 4.69) is 27.2 Å². The van der Waals surface area contributed by atoms with Crippen molar-refractivity contribution in [1.82, 2.24) is 5.16 Å². The third-order valence-electron chi connectivity index (χ3n) is 2.79. The van der Waals surface area contributed by atoms with Gasteiger partial charge in [-0.1, -0.05) is 11.2 Å². The first-order valence-corrected chi connectivity index (χ1v) is 5.33. The number of nitrogens with two attached hydrogens (primary N) is 1. The molecule has 72 valence electrons. The molecule has 0 bridgehead atoms. The molecule has 0 radical (unpaired) electrons. The van der Waals surface area contributed by atoms with Gasteiger partial charge in [0.2, 0.25) is 0 Å². The van der Waals surface area contributed by atoms with E-state index >= 15 is 0 Å². The average molecular weight is 253 g/mol. The third kappa shape index (κ3) is 1.11. The molecule has 1 aromatic carbocycles. The van der Waals surface area contributed by atoms with Gasteiger partial charge >= 0.3 is 0 Å². The van der Waals surface area contributed by atoms with Crippen LogP contribution in [0, 0.1) is 0 Å². The Morgan fingerprint density at radius 2 is 2.21 bits per heavy atom. The topological polar surface area (TPSA) is 52.0 Å². The van der Waals surface area contributed by atoms with Gasteiger partial charge in [0, 0.05) is 5.54 Å². The number of halogens is 1. The maximum atomic E-state index is 6.11. The summed E-state index contributed by atoms with van der Waals surface area (Å²) in [5.41, 5.74) is 7.99. The monoisotopic (exact) mass is 252 g/mol. The smallest absolute Gasteiger partial charge is 0.168 e. The Balaban J connectivity index is 2.23. The lowest BCUT2D eigenvalue weighted by molar-refractivity contribution is 0.451. The molecular weight excluding hydrogens is 244 g/mol. The second-order valence-corrected chi connectivity index (χ2v) is 4.59. The highest BCUT2D eigenvalue weighted by molar-refractivity contribution is 9.10. The lowest BCUT2D eigenvalue weighted by Gasteiger charge is -2.07. The van der Waals surface area contributed by atoms with Crippen LogP contribution >= 0.6 is 15.9 Å². The summed E-state index contributed by atoms with van der Waals surface area (Å²) in [4.78, 5) is 0. The Bertz CT molecular complexity index is 502. The van der Waals surface area contributed by atoms with E-state index in [0.29, 0.717) is 0 Å². The van der Waals surface area contributed by atoms with Gasteiger partial charge in [0.15, 0.2) is 10.2 Å². The van der Waals surface area contributed by atoms with Crippen molar-refractivity contribution in [1.29, 1.82) is 0 Å². The minimum atomic E-state index is -0.0924. The number of rotatable bonds is 1. The summed E-state index contributed by atoms with van der Waals surface area (Å²) in [6, 6.07) is 6.01. The molecule has 0 atom stereocenters. The van der Waals surface area contributed by atoms with E-state index in [1.165, 1.54) is 5.56 Å². The van der Waals surface area contributed by atoms with Crippen LogP contribution in [-0.4, -0.2) is 5.16 Å². The molecule has 2 N–H and O–H groups in total. The molecule has 2 aromatic rings. The van der Waals surface area contributed by atoms with Gasteiger partial charge in [0.05, 0.1) is 5.39 Å². The van der Waals surface area contributed by atoms with Crippen molar-refractivity contribution in [2.24, 2.45) is 5.73 Å². The Labute approximate surface area is 89.4 Å². The maximum absolute atomic E-state index is 6.11. The lowest BCUT2D eigenvalue weighted by atomic mass is 10.0. The fourth-order valence-corrected chi connectivity index (χ4v) is 2.02. The van der Waals surface area contributed by atoms with Crippen LogP contribution in [0.1, 0.15) is 18.4 Å². The highest BCUT2D eigenvalue weighted by Gasteiger charge is 2.40. The molecule has 0 saturated heterocycles. The van der Waals surface area contributed by atoms with Crippen molar-refractivity contribution >= 4 is 26.9 Å². The summed E-state index contributed by atoms with van der Waals surface area (Å²) in [6.45, 7) is 0. The summed E-state index contributed by atoms with van der Waals surface area (Å²) in [5, 5.41) is 4.84. The maximum Gasteiger partial charge on any atom is 0.168 e. The average Bonchev–Trinajstić information content (AvgIpc) is 2.84. The van der Waals surface area contributed by atoms with Gasteiger partial charge in [0.1, 0.15) is 0 Å². The van der Waals surface area contributed by atoms with Crippen LogP contribution in [0.5, 0.6) is 0 Å². The largest absolute Gasteiger partial charge is 0.355 e. The van der Waals surface area contributed by atoms with Crippen LogP contribution in [0.3, 0.4) is 0 Å². The predicted molar refractivity (Wildman–Crippen MR) is 56.8 cm³/mol. The molecule has 1 fully saturated rings. The molecule has 14 heavy (non-hydrogen) atoms. The van der Waals surface area contributed by atoms with E-state index in [4.69, 9.17) is 10.3 Å². The molecule has 0 spiro atoms. The highest BCUT2D eigenvalue weighted by Crippen LogP contribution is 2.43. The van der Waals surface area contributed by atoms with Gasteiger partial charge in [-0.15, -0.1) is 0 Å². The zero-order valence-electron chi connectivity index (χ0n) is 7.46. The van der Waals surface area contributed by atoms with Gasteiger partial charge in [0.25, 0.3) is 0 Å². The van der Waals surface area contributed by atoms with Crippen LogP contribution in [-0.2, 0) is 5.54 Å². The van der Waals surface area contributed by atoms with Gasteiger partial charge < -0.3 is 10.3 Å². The quantitative estimate of drug-likeness (QED) is 0.849. The Morgan fingerprint density at radius 1 is 1.43 bits per heavy atom. The summed E-state index contributed by atoms with van der Waals surface area (Å²) < 4.78 is 5.85. The fourth-order valence-electron chi connectivity index (χ4n) is 1.64. The number of benzene rings is 1. The molecule has 1 aromatic heterocycles. The molecule has 0 aliphatic heterocycles. The van der Waals surface area contributed by atoms with Crippen molar-refractivity contribution in [2.75, 3.05) is 0 Å². The summed E-state index contributed by atoms with van der Waals surface area (Å²) in [7, 11) is 0. The Hall–Kier alpha value is -0.870. The summed E-state index contributed by atoms with van der Waals surface area (Å²) in [5.74, 6) is 0. The third-order valence-corrected chi connectivity index (χ3v) is 3.36. The minimum Gasteiger partial charge on any atom is -0.355 e. The van der Waals surface area contributed by atoms with Crippen molar-refractivity contribution in [3.05, 3.63) is 28.4 Å². The zero-order chi connectivity index (χ0) is 9.76. The van der Waals surface area contributed by atoms with E-state index in [-0.39, 0.29) is 5.54 Å². The molecule has 1 heterocycles. The molecule has 3 nitrogen and oxygen atoms in total. The fraction of sp³-hybridized carbons (Fsp3) is 0.300. The SMILES string of the molecule is NC1(c2ccc3onc(Br)c3c2)CC1. The van der Waals surface area contributed by atoms with Crippen LogP contribution in [0.2, 0.25) is 0 Å². The van der Waals surface area contributed by atoms with Crippen LogP contribution < -0.4 is 5.73 Å². The van der Waals surface area contributed by atoms with Crippen LogP contribution in [0.15, 0.2) is 27.3 Å². The van der Waals surface area contributed by atoms with Gasteiger partial charge in [-0.3, -0.25) is 0 Å². The summed E-state index contributed by atoms with van der Waals surface area (Å²) in [6.07, 6.45) is 2.14. The second-order valence-electron chi connectivity index (χ2n) is 3.84.